The van der Waals surface area contributed by atoms with Gasteiger partial charge in [-0.1, -0.05) is 6.07 Å². The Morgan fingerprint density at radius 3 is 2.54 bits per heavy atom. The highest BCUT2D eigenvalue weighted by Gasteiger charge is 2.23. The Hall–Kier alpha value is -2.19. The van der Waals surface area contributed by atoms with Crippen molar-refractivity contribution in [1.29, 1.82) is 0 Å². The lowest BCUT2D eigenvalue weighted by Gasteiger charge is -2.22. The third-order valence-corrected chi connectivity index (χ3v) is 3.27. The topological polar surface area (TPSA) is 122 Å². The van der Waals surface area contributed by atoms with E-state index < -0.39 is 28.8 Å². The van der Waals surface area contributed by atoms with Gasteiger partial charge in [0, 0.05) is 18.7 Å². The molecule has 0 saturated carbocycles. The standard InChI is InChI=1S/C16H24N2O6/c1-10-5-6-11(18(22)23)9-12(10)14(20)13(19)7-8-17-15(21)24-16(2,3)4/h5-6,9,13-14,19-20H,7-8H2,1-4H3,(H,17,21). The zero-order valence-corrected chi connectivity index (χ0v) is 14.3. The first-order valence-corrected chi connectivity index (χ1v) is 7.59. The molecule has 0 aliphatic heterocycles. The number of nitrogens with zero attached hydrogens (tertiary/aromatic N) is 1. The van der Waals surface area contributed by atoms with Crippen LogP contribution in [0.25, 0.3) is 0 Å². The van der Waals surface area contributed by atoms with Crippen LogP contribution in [0.1, 0.15) is 44.4 Å². The first kappa shape index (κ1) is 19.9. The van der Waals surface area contributed by atoms with Crippen LogP contribution in [-0.2, 0) is 4.74 Å². The van der Waals surface area contributed by atoms with E-state index >= 15 is 0 Å². The molecule has 0 aromatic heterocycles. The minimum Gasteiger partial charge on any atom is -0.444 e. The predicted octanol–water partition coefficient (Wildman–Crippen LogP) is 2.21. The molecule has 2 atom stereocenters. The molecule has 0 aliphatic carbocycles. The predicted molar refractivity (Wildman–Crippen MR) is 87.7 cm³/mol. The summed E-state index contributed by atoms with van der Waals surface area (Å²) in [5, 5.41) is 33.6. The molecule has 1 amide bonds. The van der Waals surface area contributed by atoms with E-state index in [0.717, 1.165) is 0 Å². The minimum atomic E-state index is -1.29. The normalized spacial score (nSPS) is 13.9. The van der Waals surface area contributed by atoms with Gasteiger partial charge in [-0.3, -0.25) is 10.1 Å². The lowest BCUT2D eigenvalue weighted by Crippen LogP contribution is -2.34. The number of amides is 1. The third kappa shape index (κ3) is 6.13. The number of ether oxygens (including phenoxy) is 1. The number of aliphatic hydroxyl groups is 2. The van der Waals surface area contributed by atoms with Crippen molar-refractivity contribution in [1.82, 2.24) is 5.32 Å². The van der Waals surface area contributed by atoms with Crippen LogP contribution in [0.4, 0.5) is 10.5 Å². The SMILES string of the molecule is Cc1ccc([N+](=O)[O-])cc1C(O)C(O)CCNC(=O)OC(C)(C)C. The number of hydrogen-bond donors (Lipinski definition) is 3. The first-order chi connectivity index (χ1) is 11.0. The van der Waals surface area contributed by atoms with Gasteiger partial charge in [0.25, 0.3) is 5.69 Å². The van der Waals surface area contributed by atoms with Gasteiger partial charge in [0.2, 0.25) is 0 Å². The second-order valence-corrected chi connectivity index (χ2v) is 6.53. The molecular weight excluding hydrogens is 316 g/mol. The second kappa shape index (κ2) is 8.07. The number of carbonyl (C=O) groups is 1. The first-order valence-electron chi connectivity index (χ1n) is 7.59. The van der Waals surface area contributed by atoms with Gasteiger partial charge in [0.05, 0.1) is 11.0 Å². The molecule has 3 N–H and O–H groups in total. The average molecular weight is 340 g/mol. The number of carbonyl (C=O) groups excluding carboxylic acids is 1. The summed E-state index contributed by atoms with van der Waals surface area (Å²) in [4.78, 5) is 21.8. The number of nitro benzene ring substituents is 1. The van der Waals surface area contributed by atoms with Crippen LogP contribution >= 0.6 is 0 Å². The summed E-state index contributed by atoms with van der Waals surface area (Å²) in [6, 6.07) is 4.09. The van der Waals surface area contributed by atoms with Crippen molar-refractivity contribution in [3.05, 3.63) is 39.4 Å². The van der Waals surface area contributed by atoms with Gasteiger partial charge < -0.3 is 20.3 Å². The van der Waals surface area contributed by atoms with Crippen LogP contribution in [0.3, 0.4) is 0 Å². The summed E-state index contributed by atoms with van der Waals surface area (Å²) in [6.45, 7) is 6.98. The highest BCUT2D eigenvalue weighted by molar-refractivity contribution is 5.67. The van der Waals surface area contributed by atoms with E-state index in [-0.39, 0.29) is 24.2 Å². The Bertz CT molecular complexity index is 597. The Labute approximate surface area is 140 Å². The number of nitrogens with one attached hydrogen (secondary N) is 1. The van der Waals surface area contributed by atoms with Gasteiger partial charge in [-0.05, 0) is 45.2 Å². The summed E-state index contributed by atoms with van der Waals surface area (Å²) in [5.41, 5.74) is 0.136. The molecule has 0 bridgehead atoms. The lowest BCUT2D eigenvalue weighted by molar-refractivity contribution is -0.385. The van der Waals surface area contributed by atoms with Gasteiger partial charge >= 0.3 is 6.09 Å². The summed E-state index contributed by atoms with van der Waals surface area (Å²) >= 11 is 0. The molecule has 0 radical (unpaired) electrons. The zero-order chi connectivity index (χ0) is 18.5. The third-order valence-electron chi connectivity index (χ3n) is 3.27. The van der Waals surface area contributed by atoms with E-state index in [2.05, 4.69) is 5.32 Å². The summed E-state index contributed by atoms with van der Waals surface area (Å²) in [6.07, 6.45) is -3.01. The fourth-order valence-corrected chi connectivity index (χ4v) is 2.06. The number of non-ortho nitro benzene ring substituents is 1. The molecule has 0 heterocycles. The molecule has 0 spiro atoms. The van der Waals surface area contributed by atoms with Crippen LogP contribution < -0.4 is 5.32 Å². The zero-order valence-electron chi connectivity index (χ0n) is 14.3. The van der Waals surface area contributed by atoms with Crippen molar-refractivity contribution in [2.75, 3.05) is 6.54 Å². The largest absolute Gasteiger partial charge is 0.444 e. The molecule has 0 aliphatic rings. The molecule has 0 saturated heterocycles. The lowest BCUT2D eigenvalue weighted by atomic mass is 9.97. The molecule has 2 unspecified atom stereocenters. The van der Waals surface area contributed by atoms with E-state index in [4.69, 9.17) is 4.74 Å². The van der Waals surface area contributed by atoms with Gasteiger partial charge in [-0.15, -0.1) is 0 Å². The Morgan fingerprint density at radius 2 is 2.00 bits per heavy atom. The molecule has 8 nitrogen and oxygen atoms in total. The number of rotatable bonds is 6. The van der Waals surface area contributed by atoms with E-state index in [1.807, 2.05) is 0 Å². The smallest absolute Gasteiger partial charge is 0.407 e. The van der Waals surface area contributed by atoms with Crippen molar-refractivity contribution in [2.24, 2.45) is 0 Å². The van der Waals surface area contributed by atoms with E-state index in [9.17, 15) is 25.1 Å². The van der Waals surface area contributed by atoms with E-state index in [0.29, 0.717) is 5.56 Å². The summed E-state index contributed by atoms with van der Waals surface area (Å²) in [5.74, 6) is 0. The molecule has 134 valence electrons. The molecular formula is C16H24N2O6. The van der Waals surface area contributed by atoms with Crippen molar-refractivity contribution in [3.63, 3.8) is 0 Å². The van der Waals surface area contributed by atoms with Crippen LogP contribution in [-0.4, -0.2) is 39.5 Å². The highest BCUT2D eigenvalue weighted by Crippen LogP contribution is 2.26. The van der Waals surface area contributed by atoms with Crippen molar-refractivity contribution in [2.45, 2.75) is 51.9 Å². The maximum Gasteiger partial charge on any atom is 0.407 e. The molecule has 8 heteroatoms. The maximum atomic E-state index is 11.5. The summed E-state index contributed by atoms with van der Waals surface area (Å²) < 4.78 is 5.06. The van der Waals surface area contributed by atoms with Crippen LogP contribution in [0, 0.1) is 17.0 Å². The minimum absolute atomic E-state index is 0.0720. The van der Waals surface area contributed by atoms with Gasteiger partial charge in [0.15, 0.2) is 0 Å². The summed E-state index contributed by atoms with van der Waals surface area (Å²) in [7, 11) is 0. The quantitative estimate of drug-likeness (QED) is 0.539. The molecule has 1 aromatic rings. The van der Waals surface area contributed by atoms with E-state index in [1.54, 1.807) is 27.7 Å². The molecule has 24 heavy (non-hydrogen) atoms. The van der Waals surface area contributed by atoms with Crippen LogP contribution in [0.2, 0.25) is 0 Å². The van der Waals surface area contributed by atoms with Crippen LogP contribution in [0.5, 0.6) is 0 Å². The van der Waals surface area contributed by atoms with Gasteiger partial charge in [-0.25, -0.2) is 4.79 Å². The Morgan fingerprint density at radius 1 is 1.38 bits per heavy atom. The molecule has 1 aromatic carbocycles. The van der Waals surface area contributed by atoms with Crippen LogP contribution in [0.15, 0.2) is 18.2 Å². The maximum absolute atomic E-state index is 11.5. The number of nitro groups is 1. The molecule has 1 rings (SSSR count). The van der Waals surface area contributed by atoms with Crippen molar-refractivity contribution >= 4 is 11.8 Å². The van der Waals surface area contributed by atoms with Gasteiger partial charge in [0.1, 0.15) is 11.7 Å². The van der Waals surface area contributed by atoms with Gasteiger partial charge in [-0.2, -0.15) is 0 Å². The van der Waals surface area contributed by atoms with E-state index in [1.165, 1.54) is 18.2 Å². The average Bonchev–Trinajstić information content (AvgIpc) is 2.44. The monoisotopic (exact) mass is 340 g/mol. The number of alkyl carbamates (subject to hydrolysis) is 1. The van der Waals surface area contributed by atoms with Crippen molar-refractivity contribution < 1.29 is 24.7 Å². The second-order valence-electron chi connectivity index (χ2n) is 6.53. The number of hydrogen-bond acceptors (Lipinski definition) is 6. The highest BCUT2D eigenvalue weighted by atomic mass is 16.6. The molecule has 0 fully saturated rings. The number of aryl methyl sites for hydroxylation is 1. The number of aliphatic hydroxyl groups excluding tert-OH is 2. The Kier molecular flexibility index (Phi) is 6.68. The fourth-order valence-electron chi connectivity index (χ4n) is 2.06. The van der Waals surface area contributed by atoms with Crippen molar-refractivity contribution in [3.8, 4) is 0 Å². The fraction of sp³-hybridized carbons (Fsp3) is 0.562. The Balaban J connectivity index is 2.62. The number of benzene rings is 1.